The van der Waals surface area contributed by atoms with Crippen LogP contribution in [-0.4, -0.2) is 46.6 Å². The number of carbonyl (C=O) groups is 2. The van der Waals surface area contributed by atoms with Crippen LogP contribution >= 0.6 is 11.3 Å². The maximum Gasteiger partial charge on any atom is 0.284 e. The van der Waals surface area contributed by atoms with E-state index in [2.05, 4.69) is 25.7 Å². The lowest BCUT2D eigenvalue weighted by Crippen LogP contribution is -2.48. The zero-order chi connectivity index (χ0) is 38.3. The molecule has 0 saturated heterocycles. The molecule has 286 valence electrons. The molecule has 13 heteroatoms. The van der Waals surface area contributed by atoms with Gasteiger partial charge in [0.05, 0.1) is 15.5 Å². The third-order valence-electron chi connectivity index (χ3n) is 13.1. The van der Waals surface area contributed by atoms with E-state index in [4.69, 9.17) is 4.98 Å². The summed E-state index contributed by atoms with van der Waals surface area (Å²) in [7, 11) is -3.87. The van der Waals surface area contributed by atoms with Gasteiger partial charge in [-0.15, -0.1) is 0 Å². The molecule has 11 nitrogen and oxygen atoms in total. The number of nitrogens with one attached hydrogen (secondary N) is 2. The van der Waals surface area contributed by atoms with Crippen molar-refractivity contribution in [2.24, 2.45) is 23.2 Å². The molecule has 5 aliphatic carbocycles. The Morgan fingerprint density at radius 3 is 2.41 bits per heavy atom. The molecule has 5 saturated carbocycles. The van der Waals surface area contributed by atoms with Crippen LogP contribution in [0.15, 0.2) is 60.7 Å². The highest BCUT2D eigenvalue weighted by atomic mass is 32.2. The second-order valence-corrected chi connectivity index (χ2v) is 19.9. The fraction of sp³-hybridized carbons (Fsp3) is 0.419. The molecule has 4 heterocycles. The number of nitrogens with zero attached hydrogens (tertiary/aromatic N) is 5. The number of para-hydroxylation sites is 1. The van der Waals surface area contributed by atoms with E-state index in [0.29, 0.717) is 65.7 Å². The molecule has 1 aliphatic heterocycles. The fourth-order valence-corrected chi connectivity index (χ4v) is 12.9. The molecule has 11 rings (SSSR count). The van der Waals surface area contributed by atoms with E-state index in [1.54, 1.807) is 0 Å². The number of hydrogen-bond acceptors (Lipinski definition) is 9. The Kier molecular flexibility index (Phi) is 8.38. The molecule has 2 N–H and O–H groups in total. The normalized spacial score (nSPS) is 23.9. The topological polar surface area (TPSA) is 150 Å². The quantitative estimate of drug-likeness (QED) is 0.155. The first-order chi connectivity index (χ1) is 27.0. The molecule has 5 aromatic rings. The third kappa shape index (κ3) is 6.27. The second kappa shape index (κ2) is 13.3. The Labute approximate surface area is 330 Å². The van der Waals surface area contributed by atoms with Gasteiger partial charge in [0.15, 0.2) is 5.13 Å². The smallest absolute Gasteiger partial charge is 0.284 e. The number of carbonyl (C=O) groups excluding carboxylic acids is 2. The Balaban J connectivity index is 0.981. The third-order valence-corrected chi connectivity index (χ3v) is 15.9. The summed E-state index contributed by atoms with van der Waals surface area (Å²) in [6.45, 7) is 3.72. The minimum Gasteiger partial charge on any atom is -0.352 e. The molecule has 0 radical (unpaired) electrons. The van der Waals surface area contributed by atoms with Gasteiger partial charge in [0.25, 0.3) is 11.8 Å². The summed E-state index contributed by atoms with van der Waals surface area (Å²) >= 11 is 1.42. The van der Waals surface area contributed by atoms with Gasteiger partial charge >= 0.3 is 0 Å². The monoisotopic (exact) mass is 785 g/mol. The molecule has 0 spiro atoms. The summed E-state index contributed by atoms with van der Waals surface area (Å²) in [4.78, 5) is 39.3. The Morgan fingerprint density at radius 2 is 1.70 bits per heavy atom. The van der Waals surface area contributed by atoms with Crippen LogP contribution in [0.4, 0.5) is 10.9 Å². The van der Waals surface area contributed by atoms with Crippen LogP contribution < -0.4 is 14.9 Å². The van der Waals surface area contributed by atoms with Gasteiger partial charge in [-0.25, -0.2) is 23.1 Å². The Hall–Kier alpha value is -5.06. The number of benzene rings is 2. The Morgan fingerprint density at radius 1 is 0.946 bits per heavy atom. The SMILES string of the molecule is Cc1c(-c2ccc(N3CCc4cccc(C(=O)Nc5nc6ccccc6s5)c4C3)nc2C(=O)NS(=O)(=O)C2CC2)cc(C#N)n1CC12CC3CC(CC(C3)C1)C2. The van der Waals surface area contributed by atoms with Crippen molar-refractivity contribution >= 4 is 54.3 Å². The van der Waals surface area contributed by atoms with Gasteiger partial charge in [-0.3, -0.25) is 14.9 Å². The second-order valence-electron chi connectivity index (χ2n) is 16.9. The summed E-state index contributed by atoms with van der Waals surface area (Å²) in [6.07, 6.45) is 9.28. The number of fused-ring (bicyclic) bond motifs is 2. The number of amides is 2. The van der Waals surface area contributed by atoms with Crippen molar-refractivity contribution in [3.05, 3.63) is 94.4 Å². The van der Waals surface area contributed by atoms with Crippen molar-refractivity contribution in [2.75, 3.05) is 16.8 Å². The van der Waals surface area contributed by atoms with E-state index >= 15 is 0 Å². The number of hydrogen-bond donors (Lipinski definition) is 2. The van der Waals surface area contributed by atoms with Crippen LogP contribution in [0.25, 0.3) is 21.3 Å². The van der Waals surface area contributed by atoms with Crippen LogP contribution in [0, 0.1) is 41.4 Å². The zero-order valence-corrected chi connectivity index (χ0v) is 32.9. The average molecular weight is 786 g/mol. The predicted molar refractivity (Wildman–Crippen MR) is 216 cm³/mol. The van der Waals surface area contributed by atoms with Crippen LogP contribution in [0.1, 0.15) is 94.7 Å². The summed E-state index contributed by atoms with van der Waals surface area (Å²) in [6, 6.07) is 21.5. The summed E-state index contributed by atoms with van der Waals surface area (Å²) in [5, 5.41) is 13.3. The lowest BCUT2D eigenvalue weighted by atomic mass is 9.49. The van der Waals surface area contributed by atoms with Gasteiger partial charge in [-0.2, -0.15) is 5.26 Å². The van der Waals surface area contributed by atoms with Crippen molar-refractivity contribution in [1.82, 2.24) is 19.3 Å². The minimum atomic E-state index is -3.87. The van der Waals surface area contributed by atoms with Gasteiger partial charge in [0.1, 0.15) is 23.3 Å². The van der Waals surface area contributed by atoms with Gasteiger partial charge in [-0.05, 0) is 135 Å². The average Bonchev–Trinajstić information content (AvgIpc) is 3.91. The number of aromatic nitrogens is 3. The molecule has 0 atom stereocenters. The molecule has 2 amide bonds. The molecule has 0 unspecified atom stereocenters. The summed E-state index contributed by atoms with van der Waals surface area (Å²) in [5.74, 6) is 1.78. The van der Waals surface area contributed by atoms with E-state index in [-0.39, 0.29) is 17.0 Å². The van der Waals surface area contributed by atoms with Crippen molar-refractivity contribution < 1.29 is 18.0 Å². The Bertz CT molecular complexity index is 2530. The number of pyridine rings is 1. The zero-order valence-electron chi connectivity index (χ0n) is 31.3. The minimum absolute atomic E-state index is 0.000990. The molecular formula is C43H43N7O4S2. The predicted octanol–water partition coefficient (Wildman–Crippen LogP) is 7.59. The molecule has 6 aliphatic rings. The fourth-order valence-electron chi connectivity index (χ4n) is 10.8. The van der Waals surface area contributed by atoms with E-state index in [0.717, 1.165) is 51.3 Å². The van der Waals surface area contributed by atoms with Crippen LogP contribution in [0.5, 0.6) is 0 Å². The summed E-state index contributed by atoms with van der Waals surface area (Å²) < 4.78 is 31.6. The standard InChI is InChI=1S/C43H43N7O4S2/c1-25-34(18-30(22-44)50(25)24-43-19-26-15-27(20-43)17-28(16-26)21-43)32-11-12-38(46-39(32)41(52)48-56(53,54)31-9-10-31)49-14-13-29-5-4-6-33(35(29)23-49)40(51)47-42-45-36-7-2-3-8-37(36)55-42/h2-8,11-12,18,26-28,31H,9-10,13-17,19-21,23-24H2,1H3,(H,48,52)(H,45,47,51). The molecule has 5 fully saturated rings. The van der Waals surface area contributed by atoms with Gasteiger partial charge in [-0.1, -0.05) is 35.6 Å². The maximum absolute atomic E-state index is 14.1. The van der Waals surface area contributed by atoms with E-state index in [1.807, 2.05) is 72.5 Å². The molecule has 4 bridgehead atoms. The first-order valence-electron chi connectivity index (χ1n) is 19.7. The van der Waals surface area contributed by atoms with Crippen molar-refractivity contribution in [3.8, 4) is 17.2 Å². The van der Waals surface area contributed by atoms with E-state index in [9.17, 15) is 23.3 Å². The highest BCUT2D eigenvalue weighted by Crippen LogP contribution is 2.61. The highest BCUT2D eigenvalue weighted by Gasteiger charge is 2.51. The lowest BCUT2D eigenvalue weighted by Gasteiger charge is -2.57. The number of rotatable bonds is 9. The highest BCUT2D eigenvalue weighted by molar-refractivity contribution is 7.91. The first-order valence-corrected chi connectivity index (χ1v) is 22.1. The van der Waals surface area contributed by atoms with Gasteiger partial charge in [0, 0.05) is 42.0 Å². The number of anilines is 2. The molecular weight excluding hydrogens is 743 g/mol. The number of nitriles is 1. The summed E-state index contributed by atoms with van der Waals surface area (Å²) in [5.41, 5.74) is 6.07. The first kappa shape index (κ1) is 35.4. The van der Waals surface area contributed by atoms with Crippen LogP contribution in [0.2, 0.25) is 0 Å². The maximum atomic E-state index is 14.1. The van der Waals surface area contributed by atoms with Crippen LogP contribution in [0.3, 0.4) is 0 Å². The molecule has 2 aromatic carbocycles. The number of thiazole rings is 1. The van der Waals surface area contributed by atoms with Gasteiger partial charge in [0.2, 0.25) is 10.0 Å². The van der Waals surface area contributed by atoms with Crippen molar-refractivity contribution in [3.63, 3.8) is 0 Å². The van der Waals surface area contributed by atoms with E-state index in [1.165, 1.54) is 49.9 Å². The van der Waals surface area contributed by atoms with Crippen molar-refractivity contribution in [1.29, 1.82) is 5.26 Å². The largest absolute Gasteiger partial charge is 0.352 e. The molecule has 3 aromatic heterocycles. The van der Waals surface area contributed by atoms with Gasteiger partial charge < -0.3 is 9.47 Å². The number of sulfonamides is 1. The molecule has 56 heavy (non-hydrogen) atoms. The van der Waals surface area contributed by atoms with Crippen LogP contribution in [-0.2, 0) is 29.5 Å². The van der Waals surface area contributed by atoms with E-state index < -0.39 is 21.2 Å². The van der Waals surface area contributed by atoms with Crippen molar-refractivity contribution in [2.45, 2.75) is 83.1 Å². The lowest BCUT2D eigenvalue weighted by molar-refractivity contribution is -0.0621.